The molecule has 0 radical (unpaired) electrons. The van der Waals surface area contributed by atoms with Crippen LogP contribution in [0.2, 0.25) is 5.02 Å². The standard InChI is InChI=1S/C11H13F3O.C10H13F.C9H12ClN.C9H12FN/c1-10(2,3)8-5-4-6-9(7-8)15-11(12,13)14;1-10(2,3)8-4-6-9(11)7-5-8;2*1-9(2,3)8-5-4-7(10)6-11-8/h4-7H,1-3H3;4-7H,1-3H3;2*4-6H,1-3H3. The zero-order valence-electron chi connectivity index (χ0n) is 30.2. The van der Waals surface area contributed by atoms with Gasteiger partial charge in [0, 0.05) is 28.4 Å². The first-order valence-electron chi connectivity index (χ1n) is 15.5. The zero-order chi connectivity index (χ0) is 37.1. The Morgan fingerprint density at radius 3 is 1.35 bits per heavy atom. The van der Waals surface area contributed by atoms with Gasteiger partial charge in [0.25, 0.3) is 0 Å². The van der Waals surface area contributed by atoms with E-state index in [9.17, 15) is 22.0 Å². The maximum absolute atomic E-state index is 12.5. The SMILES string of the molecule is CC(C)(C)c1ccc(Cl)cn1.CC(C)(C)c1ccc(F)cc1.CC(C)(C)c1ccc(F)cn1.CC(C)(C)c1cccc(OC(F)(F)F)c1. The van der Waals surface area contributed by atoms with Crippen molar-refractivity contribution in [3.05, 3.63) is 124 Å². The third-order valence-electron chi connectivity index (χ3n) is 6.64. The molecule has 0 aliphatic heterocycles. The van der Waals surface area contributed by atoms with Crippen LogP contribution >= 0.6 is 11.6 Å². The number of nitrogens with zero attached hydrogens (tertiary/aromatic N) is 2. The fourth-order valence-electron chi connectivity index (χ4n) is 3.75. The van der Waals surface area contributed by atoms with E-state index in [0.29, 0.717) is 5.02 Å². The molecular weight excluding hydrogens is 643 g/mol. The van der Waals surface area contributed by atoms with Crippen molar-refractivity contribution in [1.82, 2.24) is 9.97 Å². The number of hydrogen-bond donors (Lipinski definition) is 0. The van der Waals surface area contributed by atoms with E-state index in [1.54, 1.807) is 24.4 Å². The fourth-order valence-corrected chi connectivity index (χ4v) is 3.86. The van der Waals surface area contributed by atoms with Gasteiger partial charge in [0.1, 0.15) is 17.4 Å². The third kappa shape index (κ3) is 17.0. The van der Waals surface area contributed by atoms with Gasteiger partial charge in [0.2, 0.25) is 0 Å². The first kappa shape index (κ1) is 42.5. The summed E-state index contributed by atoms with van der Waals surface area (Å²) in [5.74, 6) is -0.620. The second kappa shape index (κ2) is 17.2. The smallest absolute Gasteiger partial charge is 0.406 e. The van der Waals surface area contributed by atoms with E-state index in [-0.39, 0.29) is 39.0 Å². The van der Waals surface area contributed by atoms with Gasteiger partial charge in [-0.25, -0.2) is 8.78 Å². The van der Waals surface area contributed by atoms with Gasteiger partial charge in [-0.2, -0.15) is 0 Å². The van der Waals surface area contributed by atoms with E-state index < -0.39 is 6.36 Å². The van der Waals surface area contributed by atoms with E-state index in [1.807, 2.05) is 65.8 Å². The highest BCUT2D eigenvalue weighted by Crippen LogP contribution is 2.29. The van der Waals surface area contributed by atoms with Crippen molar-refractivity contribution in [2.24, 2.45) is 0 Å². The predicted octanol–water partition coefficient (Wildman–Crippen LogP) is 12.6. The van der Waals surface area contributed by atoms with Gasteiger partial charge in [0.05, 0.1) is 11.2 Å². The minimum Gasteiger partial charge on any atom is -0.406 e. The molecule has 0 fully saturated rings. The lowest BCUT2D eigenvalue weighted by Crippen LogP contribution is -2.18. The third-order valence-corrected chi connectivity index (χ3v) is 6.86. The van der Waals surface area contributed by atoms with Crippen molar-refractivity contribution in [3.8, 4) is 5.75 Å². The molecule has 48 heavy (non-hydrogen) atoms. The molecule has 0 aliphatic rings. The Balaban J connectivity index is 0.000000323. The second-order valence-electron chi connectivity index (χ2n) is 15.3. The minimum atomic E-state index is -4.63. The average molecular weight is 693 g/mol. The van der Waals surface area contributed by atoms with Crippen LogP contribution in [0.25, 0.3) is 0 Å². The van der Waals surface area contributed by atoms with Crippen LogP contribution < -0.4 is 4.74 Å². The summed E-state index contributed by atoms with van der Waals surface area (Å²) in [5.41, 5.74) is 4.01. The molecule has 2 aromatic carbocycles. The lowest BCUT2D eigenvalue weighted by molar-refractivity contribution is -0.274. The second-order valence-corrected chi connectivity index (χ2v) is 15.7. The molecule has 0 saturated carbocycles. The summed E-state index contributed by atoms with van der Waals surface area (Å²) in [7, 11) is 0. The number of halogens is 6. The summed E-state index contributed by atoms with van der Waals surface area (Å²) in [4.78, 5) is 8.19. The number of pyridine rings is 2. The van der Waals surface area contributed by atoms with Crippen LogP contribution in [-0.4, -0.2) is 16.3 Å². The van der Waals surface area contributed by atoms with Crippen LogP contribution in [0.5, 0.6) is 5.75 Å². The number of hydrogen-bond acceptors (Lipinski definition) is 3. The zero-order valence-corrected chi connectivity index (χ0v) is 30.9. The molecule has 0 aliphatic carbocycles. The summed E-state index contributed by atoms with van der Waals surface area (Å²) in [6.07, 6.45) is -1.70. The quantitative estimate of drug-likeness (QED) is 0.186. The number of benzene rings is 2. The molecule has 3 nitrogen and oxygen atoms in total. The first-order chi connectivity index (χ1) is 21.7. The Morgan fingerprint density at radius 2 is 0.979 bits per heavy atom. The molecule has 0 spiro atoms. The van der Waals surface area contributed by atoms with Gasteiger partial charge in [-0.3, -0.25) is 9.97 Å². The summed E-state index contributed by atoms with van der Waals surface area (Å²) in [6.45, 7) is 24.7. The van der Waals surface area contributed by atoms with Crippen molar-refractivity contribution in [2.45, 2.75) is 111 Å². The fraction of sp³-hybridized carbons (Fsp3) is 0.436. The molecular formula is C39H50ClF5N2O. The lowest BCUT2D eigenvalue weighted by atomic mass is 9.87. The molecule has 0 amide bonds. The topological polar surface area (TPSA) is 35.0 Å². The summed E-state index contributed by atoms with van der Waals surface area (Å²) < 4.78 is 64.6. The van der Waals surface area contributed by atoms with Gasteiger partial charge in [0.15, 0.2) is 0 Å². The molecule has 0 bridgehead atoms. The first-order valence-corrected chi connectivity index (χ1v) is 15.9. The Morgan fingerprint density at radius 1 is 0.521 bits per heavy atom. The van der Waals surface area contributed by atoms with Crippen LogP contribution in [0.15, 0.2) is 85.2 Å². The van der Waals surface area contributed by atoms with Crippen LogP contribution in [0, 0.1) is 11.6 Å². The average Bonchev–Trinajstić information content (AvgIpc) is 2.92. The van der Waals surface area contributed by atoms with E-state index >= 15 is 0 Å². The van der Waals surface area contributed by atoms with Gasteiger partial charge in [-0.1, -0.05) is 119 Å². The molecule has 0 saturated heterocycles. The van der Waals surface area contributed by atoms with Crippen molar-refractivity contribution in [2.75, 3.05) is 0 Å². The molecule has 2 heterocycles. The number of ether oxygens (including phenoxy) is 1. The maximum atomic E-state index is 12.5. The highest BCUT2D eigenvalue weighted by Gasteiger charge is 2.31. The molecule has 264 valence electrons. The molecule has 0 N–H and O–H groups in total. The molecule has 4 rings (SSSR count). The minimum absolute atomic E-state index is 0.00764. The Bertz CT molecular complexity index is 1380. The lowest BCUT2D eigenvalue weighted by Gasteiger charge is -2.20. The highest BCUT2D eigenvalue weighted by molar-refractivity contribution is 6.30. The number of rotatable bonds is 1. The Labute approximate surface area is 289 Å². The van der Waals surface area contributed by atoms with Gasteiger partial charge >= 0.3 is 6.36 Å². The van der Waals surface area contributed by atoms with Gasteiger partial charge in [-0.05, 0) is 70.5 Å². The Kier molecular flexibility index (Phi) is 15.3. The van der Waals surface area contributed by atoms with Crippen molar-refractivity contribution in [1.29, 1.82) is 0 Å². The van der Waals surface area contributed by atoms with Crippen molar-refractivity contribution in [3.63, 3.8) is 0 Å². The molecule has 2 aromatic heterocycles. The molecule has 0 atom stereocenters. The number of alkyl halides is 3. The van der Waals surface area contributed by atoms with Crippen LogP contribution in [0.3, 0.4) is 0 Å². The van der Waals surface area contributed by atoms with Crippen LogP contribution in [-0.2, 0) is 21.7 Å². The van der Waals surface area contributed by atoms with E-state index in [2.05, 4.69) is 56.2 Å². The largest absolute Gasteiger partial charge is 0.573 e. The van der Waals surface area contributed by atoms with Crippen molar-refractivity contribution < 1.29 is 26.7 Å². The summed E-state index contributed by atoms with van der Waals surface area (Å²) in [5, 5.41) is 0.693. The molecule has 4 aromatic rings. The van der Waals surface area contributed by atoms with Crippen LogP contribution in [0.4, 0.5) is 22.0 Å². The summed E-state index contributed by atoms with van der Waals surface area (Å²) >= 11 is 5.70. The van der Waals surface area contributed by atoms with Crippen LogP contribution in [0.1, 0.15) is 106 Å². The maximum Gasteiger partial charge on any atom is 0.573 e. The number of aromatic nitrogens is 2. The van der Waals surface area contributed by atoms with E-state index in [1.165, 1.54) is 42.1 Å². The molecule has 0 unspecified atom stereocenters. The van der Waals surface area contributed by atoms with E-state index in [0.717, 1.165) is 17.0 Å². The summed E-state index contributed by atoms with van der Waals surface area (Å²) in [6, 6.07) is 19.7. The normalized spacial score (nSPS) is 12.0. The van der Waals surface area contributed by atoms with E-state index in [4.69, 9.17) is 11.6 Å². The molecule has 9 heteroatoms. The monoisotopic (exact) mass is 692 g/mol. The van der Waals surface area contributed by atoms with Crippen molar-refractivity contribution >= 4 is 11.6 Å². The van der Waals surface area contributed by atoms with Gasteiger partial charge in [-0.15, -0.1) is 13.2 Å². The Hall–Kier alpha value is -3.52. The van der Waals surface area contributed by atoms with Gasteiger partial charge < -0.3 is 4.74 Å². The predicted molar refractivity (Wildman–Crippen MR) is 188 cm³/mol. The highest BCUT2D eigenvalue weighted by atomic mass is 35.5.